The minimum Gasteiger partial charge on any atom is -0.469 e. The van der Waals surface area contributed by atoms with E-state index in [-0.39, 0.29) is 29.3 Å². The summed E-state index contributed by atoms with van der Waals surface area (Å²) < 4.78 is 34.2. The molecule has 1 aliphatic carbocycles. The summed E-state index contributed by atoms with van der Waals surface area (Å²) in [4.78, 5) is 11.8. The smallest absolute Gasteiger partial charge is 0.308 e. The molecule has 122 valence electrons. The van der Waals surface area contributed by atoms with Crippen LogP contribution in [0, 0.1) is 18.8 Å². The van der Waals surface area contributed by atoms with E-state index in [9.17, 15) is 13.2 Å². The average Bonchev–Trinajstić information content (AvgIpc) is 2.53. The van der Waals surface area contributed by atoms with Gasteiger partial charge < -0.3 is 4.74 Å². The first-order valence-corrected chi connectivity index (χ1v) is 8.87. The minimum atomic E-state index is -3.74. The van der Waals surface area contributed by atoms with Crippen LogP contribution in [0.4, 0.5) is 0 Å². The van der Waals surface area contributed by atoms with Gasteiger partial charge in [0.2, 0.25) is 0 Å². The average molecular weight is 326 g/mol. The number of benzene rings is 1. The van der Waals surface area contributed by atoms with E-state index in [1.807, 2.05) is 6.92 Å². The molecule has 2 rings (SSSR count). The number of esters is 1. The van der Waals surface area contributed by atoms with Crippen LogP contribution in [-0.2, 0) is 23.8 Å². The van der Waals surface area contributed by atoms with Gasteiger partial charge in [0.25, 0.3) is 10.1 Å². The molecule has 1 fully saturated rings. The number of carbonyl (C=O) groups is 1. The topological polar surface area (TPSA) is 69.7 Å². The summed E-state index contributed by atoms with van der Waals surface area (Å²) in [5.41, 5.74) is 0.993. The molecule has 0 radical (unpaired) electrons. The number of ether oxygens (including phenoxy) is 1. The molecule has 6 heteroatoms. The Balaban J connectivity index is 1.94. The second kappa shape index (κ2) is 7.24. The van der Waals surface area contributed by atoms with Crippen molar-refractivity contribution in [3.63, 3.8) is 0 Å². The van der Waals surface area contributed by atoms with Crippen LogP contribution in [0.2, 0.25) is 0 Å². The van der Waals surface area contributed by atoms with E-state index in [0.29, 0.717) is 6.42 Å². The Morgan fingerprint density at radius 3 is 2.55 bits per heavy atom. The van der Waals surface area contributed by atoms with Crippen molar-refractivity contribution in [2.45, 2.75) is 37.5 Å². The van der Waals surface area contributed by atoms with Gasteiger partial charge in [-0.2, -0.15) is 8.42 Å². The molecule has 1 unspecified atom stereocenters. The highest BCUT2D eigenvalue weighted by atomic mass is 32.2. The molecule has 0 spiro atoms. The molecule has 0 N–H and O–H groups in total. The Labute approximate surface area is 131 Å². The molecule has 1 saturated carbocycles. The molecule has 1 aliphatic rings. The van der Waals surface area contributed by atoms with Crippen LogP contribution in [0.15, 0.2) is 29.2 Å². The molecule has 0 amide bonds. The summed E-state index contributed by atoms with van der Waals surface area (Å²) in [6.45, 7) is 2.01. The van der Waals surface area contributed by atoms with E-state index >= 15 is 0 Å². The van der Waals surface area contributed by atoms with Crippen LogP contribution in [0.1, 0.15) is 31.2 Å². The first-order chi connectivity index (χ1) is 10.4. The molecule has 0 heterocycles. The molecule has 1 aromatic rings. The molecular weight excluding hydrogens is 304 g/mol. The van der Waals surface area contributed by atoms with Crippen molar-refractivity contribution in [3.05, 3.63) is 29.8 Å². The monoisotopic (exact) mass is 326 g/mol. The van der Waals surface area contributed by atoms with Crippen LogP contribution in [0.3, 0.4) is 0 Å². The van der Waals surface area contributed by atoms with E-state index in [1.165, 1.54) is 7.11 Å². The van der Waals surface area contributed by atoms with Gasteiger partial charge in [0.05, 0.1) is 24.5 Å². The Morgan fingerprint density at radius 1 is 1.23 bits per heavy atom. The van der Waals surface area contributed by atoms with Crippen molar-refractivity contribution in [1.82, 2.24) is 0 Å². The van der Waals surface area contributed by atoms with E-state index in [0.717, 1.165) is 24.8 Å². The number of hydrogen-bond acceptors (Lipinski definition) is 5. The van der Waals surface area contributed by atoms with Crippen LogP contribution in [0.25, 0.3) is 0 Å². The van der Waals surface area contributed by atoms with Crippen molar-refractivity contribution in [2.24, 2.45) is 11.8 Å². The molecule has 0 bridgehead atoms. The highest BCUT2D eigenvalue weighted by molar-refractivity contribution is 7.86. The molecule has 0 aromatic heterocycles. The summed E-state index contributed by atoms with van der Waals surface area (Å²) in [6.07, 6.45) is 3.18. The van der Waals surface area contributed by atoms with Gasteiger partial charge in [-0.3, -0.25) is 8.98 Å². The molecule has 22 heavy (non-hydrogen) atoms. The van der Waals surface area contributed by atoms with Crippen LogP contribution in [-0.4, -0.2) is 28.1 Å². The number of carbonyl (C=O) groups excluding carboxylic acids is 1. The molecule has 0 saturated heterocycles. The van der Waals surface area contributed by atoms with Crippen LogP contribution >= 0.6 is 0 Å². The third-order valence-electron chi connectivity index (χ3n) is 4.09. The fourth-order valence-electron chi connectivity index (χ4n) is 2.78. The summed E-state index contributed by atoms with van der Waals surface area (Å²) in [7, 11) is -2.36. The maximum absolute atomic E-state index is 12.1. The highest BCUT2D eigenvalue weighted by Gasteiger charge is 2.29. The molecular formula is C16H22O5S. The first kappa shape index (κ1) is 17.0. The largest absolute Gasteiger partial charge is 0.469 e. The zero-order valence-corrected chi connectivity index (χ0v) is 13.8. The predicted molar refractivity (Wildman–Crippen MR) is 81.8 cm³/mol. The van der Waals surface area contributed by atoms with E-state index < -0.39 is 10.1 Å². The van der Waals surface area contributed by atoms with Crippen LogP contribution in [0.5, 0.6) is 0 Å². The molecule has 5 nitrogen and oxygen atoms in total. The molecule has 1 aromatic carbocycles. The summed E-state index contributed by atoms with van der Waals surface area (Å²) in [5.74, 6) is -0.293. The van der Waals surface area contributed by atoms with Gasteiger partial charge in [0.1, 0.15) is 0 Å². The van der Waals surface area contributed by atoms with Gasteiger partial charge in [0, 0.05) is 0 Å². The molecule has 0 aliphatic heterocycles. The number of methoxy groups -OCH3 is 1. The Kier molecular flexibility index (Phi) is 5.58. The van der Waals surface area contributed by atoms with Gasteiger partial charge in [-0.25, -0.2) is 0 Å². The van der Waals surface area contributed by atoms with E-state index in [1.54, 1.807) is 24.3 Å². The summed E-state index contributed by atoms with van der Waals surface area (Å²) >= 11 is 0. The zero-order chi connectivity index (χ0) is 16.2. The van der Waals surface area contributed by atoms with Crippen molar-refractivity contribution < 1.29 is 22.1 Å². The normalized spacial score (nSPS) is 22.3. The van der Waals surface area contributed by atoms with E-state index in [2.05, 4.69) is 0 Å². The fraction of sp³-hybridized carbons (Fsp3) is 0.562. The standard InChI is InChI=1S/C16H22O5S/c1-12-6-8-15(9-7-12)22(18,19)21-11-13-4-3-5-14(10-13)16(17)20-2/h6-9,13-14H,3-5,10-11H2,1-2H3/t13?,14-/m0/s1. The highest BCUT2D eigenvalue weighted by Crippen LogP contribution is 2.30. The van der Waals surface area contributed by atoms with Gasteiger partial charge in [-0.15, -0.1) is 0 Å². The Hall–Kier alpha value is -1.40. The fourth-order valence-corrected chi connectivity index (χ4v) is 3.76. The van der Waals surface area contributed by atoms with Gasteiger partial charge in [-0.05, 0) is 44.2 Å². The lowest BCUT2D eigenvalue weighted by Crippen LogP contribution is -2.27. The van der Waals surface area contributed by atoms with Gasteiger partial charge >= 0.3 is 5.97 Å². The van der Waals surface area contributed by atoms with Crippen molar-refractivity contribution in [3.8, 4) is 0 Å². The quantitative estimate of drug-likeness (QED) is 0.614. The maximum atomic E-state index is 12.1. The number of hydrogen-bond donors (Lipinski definition) is 0. The third kappa shape index (κ3) is 4.30. The lowest BCUT2D eigenvalue weighted by molar-refractivity contribution is -0.147. The minimum absolute atomic E-state index is 0.0677. The lowest BCUT2D eigenvalue weighted by Gasteiger charge is -2.26. The lowest BCUT2D eigenvalue weighted by atomic mass is 9.82. The van der Waals surface area contributed by atoms with Gasteiger partial charge in [0.15, 0.2) is 0 Å². The maximum Gasteiger partial charge on any atom is 0.308 e. The van der Waals surface area contributed by atoms with E-state index in [4.69, 9.17) is 8.92 Å². The molecule has 2 atom stereocenters. The summed E-state index contributed by atoms with van der Waals surface area (Å²) in [5, 5.41) is 0. The first-order valence-electron chi connectivity index (χ1n) is 7.46. The number of rotatable bonds is 5. The Bertz CT molecular complexity index is 606. The zero-order valence-electron chi connectivity index (χ0n) is 12.9. The second-order valence-electron chi connectivity index (χ2n) is 5.80. The Morgan fingerprint density at radius 2 is 1.91 bits per heavy atom. The SMILES string of the molecule is COC(=O)[C@H]1CCCC(COS(=O)(=O)c2ccc(C)cc2)C1. The second-order valence-corrected chi connectivity index (χ2v) is 7.42. The van der Waals surface area contributed by atoms with Crippen LogP contribution < -0.4 is 0 Å². The number of aryl methyl sites for hydroxylation is 1. The van der Waals surface area contributed by atoms with Crippen molar-refractivity contribution in [1.29, 1.82) is 0 Å². The summed E-state index contributed by atoms with van der Waals surface area (Å²) in [6, 6.07) is 6.57. The predicted octanol–water partition coefficient (Wildman–Crippen LogP) is 2.68. The van der Waals surface area contributed by atoms with Gasteiger partial charge in [-0.1, -0.05) is 24.1 Å². The third-order valence-corrected chi connectivity index (χ3v) is 5.38. The van der Waals surface area contributed by atoms with Crippen molar-refractivity contribution >= 4 is 16.1 Å². The van der Waals surface area contributed by atoms with Crippen molar-refractivity contribution in [2.75, 3.05) is 13.7 Å².